The molecule has 0 radical (unpaired) electrons. The van der Waals surface area contributed by atoms with E-state index in [9.17, 15) is 14.4 Å². The van der Waals surface area contributed by atoms with Gasteiger partial charge in [-0.15, -0.1) is 0 Å². The summed E-state index contributed by atoms with van der Waals surface area (Å²) in [7, 11) is 0. The number of amides is 3. The van der Waals surface area contributed by atoms with Crippen LogP contribution in [0.3, 0.4) is 0 Å². The van der Waals surface area contributed by atoms with Crippen LogP contribution in [-0.2, 0) is 4.79 Å². The van der Waals surface area contributed by atoms with Crippen LogP contribution in [0.4, 0.5) is 11.4 Å². The number of carbonyl (C=O) groups excluding carboxylic acids is 3. The van der Waals surface area contributed by atoms with Gasteiger partial charge in [-0.3, -0.25) is 19.3 Å². The fourth-order valence-corrected chi connectivity index (χ4v) is 5.14. The highest BCUT2D eigenvalue weighted by Crippen LogP contribution is 2.40. The Morgan fingerprint density at radius 1 is 0.889 bits per heavy atom. The van der Waals surface area contributed by atoms with Crippen LogP contribution >= 0.6 is 23.2 Å². The van der Waals surface area contributed by atoms with Crippen LogP contribution in [0.5, 0.6) is 0 Å². The molecule has 7 nitrogen and oxygen atoms in total. The summed E-state index contributed by atoms with van der Waals surface area (Å²) in [4.78, 5) is 43.5. The maximum Gasteiger partial charge on any atom is 0.260 e. The zero-order valence-corrected chi connectivity index (χ0v) is 20.9. The SMILES string of the molecule is O=C1CC(c2ccccc2)N(C(=O)c2ccc(Cl)cc2Cl)c2ccc(C(=O)N3CCNCC3)cc2N1. The summed E-state index contributed by atoms with van der Waals surface area (Å²) < 4.78 is 0. The Kier molecular flexibility index (Phi) is 6.96. The van der Waals surface area contributed by atoms with Gasteiger partial charge in [-0.25, -0.2) is 0 Å². The zero-order chi connectivity index (χ0) is 25.2. The molecule has 0 bridgehead atoms. The van der Waals surface area contributed by atoms with Gasteiger partial charge >= 0.3 is 0 Å². The Morgan fingerprint density at radius 3 is 2.36 bits per heavy atom. The first-order valence-electron chi connectivity index (χ1n) is 11.7. The molecule has 2 heterocycles. The summed E-state index contributed by atoms with van der Waals surface area (Å²) in [5.41, 5.74) is 2.41. The van der Waals surface area contributed by atoms with Crippen molar-refractivity contribution in [1.82, 2.24) is 10.2 Å². The predicted molar refractivity (Wildman–Crippen MR) is 141 cm³/mol. The third-order valence-electron chi connectivity index (χ3n) is 6.44. The van der Waals surface area contributed by atoms with Crippen molar-refractivity contribution in [3.63, 3.8) is 0 Å². The Balaban J connectivity index is 1.61. The van der Waals surface area contributed by atoms with Crippen molar-refractivity contribution in [2.24, 2.45) is 0 Å². The Bertz CT molecular complexity index is 1330. The van der Waals surface area contributed by atoms with Gasteiger partial charge < -0.3 is 15.5 Å². The highest BCUT2D eigenvalue weighted by atomic mass is 35.5. The molecule has 184 valence electrons. The summed E-state index contributed by atoms with van der Waals surface area (Å²) in [6.07, 6.45) is 0.0384. The van der Waals surface area contributed by atoms with Crippen LogP contribution in [0, 0.1) is 0 Å². The molecule has 3 aromatic carbocycles. The molecule has 2 N–H and O–H groups in total. The quantitative estimate of drug-likeness (QED) is 0.519. The van der Waals surface area contributed by atoms with E-state index in [-0.39, 0.29) is 34.7 Å². The second kappa shape index (κ2) is 10.3. The number of carbonyl (C=O) groups is 3. The van der Waals surface area contributed by atoms with Gasteiger partial charge in [-0.1, -0.05) is 53.5 Å². The molecule has 5 rings (SSSR count). The van der Waals surface area contributed by atoms with E-state index in [1.807, 2.05) is 30.3 Å². The van der Waals surface area contributed by atoms with E-state index in [1.54, 1.807) is 40.1 Å². The first-order chi connectivity index (χ1) is 17.4. The smallest absolute Gasteiger partial charge is 0.260 e. The molecule has 2 aliphatic rings. The summed E-state index contributed by atoms with van der Waals surface area (Å²) in [6, 6.07) is 18.6. The summed E-state index contributed by atoms with van der Waals surface area (Å²) in [5.74, 6) is -0.741. The number of hydrogen-bond acceptors (Lipinski definition) is 4. The van der Waals surface area contributed by atoms with Gasteiger partial charge in [0.2, 0.25) is 5.91 Å². The van der Waals surface area contributed by atoms with Gasteiger partial charge in [-0.05, 0) is 42.0 Å². The lowest BCUT2D eigenvalue weighted by Crippen LogP contribution is -2.46. The van der Waals surface area contributed by atoms with Crippen LogP contribution in [0.25, 0.3) is 0 Å². The lowest BCUT2D eigenvalue weighted by Gasteiger charge is -2.31. The normalized spacial score (nSPS) is 17.7. The maximum atomic E-state index is 14.0. The molecule has 9 heteroatoms. The molecule has 0 aliphatic carbocycles. The summed E-state index contributed by atoms with van der Waals surface area (Å²) >= 11 is 12.5. The van der Waals surface area contributed by atoms with Crippen LogP contribution in [-0.4, -0.2) is 48.8 Å². The number of nitrogens with zero attached hydrogens (tertiary/aromatic N) is 2. The number of anilines is 2. The van der Waals surface area contributed by atoms with Crippen molar-refractivity contribution in [3.05, 3.63) is 93.5 Å². The molecule has 1 saturated heterocycles. The first kappa shape index (κ1) is 24.3. The molecule has 1 fully saturated rings. The van der Waals surface area contributed by atoms with Gasteiger partial charge in [-0.2, -0.15) is 0 Å². The molecule has 0 aromatic heterocycles. The highest BCUT2D eigenvalue weighted by Gasteiger charge is 2.35. The van der Waals surface area contributed by atoms with E-state index < -0.39 is 6.04 Å². The molecular weight excluding hydrogens is 499 g/mol. The lowest BCUT2D eigenvalue weighted by molar-refractivity contribution is -0.116. The number of fused-ring (bicyclic) bond motifs is 1. The molecular formula is C27H24Cl2N4O3. The molecule has 3 aromatic rings. The molecule has 1 unspecified atom stereocenters. The molecule has 1 atom stereocenters. The van der Waals surface area contributed by atoms with E-state index in [2.05, 4.69) is 10.6 Å². The van der Waals surface area contributed by atoms with Crippen molar-refractivity contribution in [2.75, 3.05) is 36.4 Å². The molecule has 36 heavy (non-hydrogen) atoms. The molecule has 0 saturated carbocycles. The Labute approximate surface area is 219 Å². The number of benzene rings is 3. The maximum absolute atomic E-state index is 14.0. The average Bonchev–Trinajstić information content (AvgIpc) is 3.04. The van der Waals surface area contributed by atoms with Crippen LogP contribution in [0.1, 0.15) is 38.7 Å². The van der Waals surface area contributed by atoms with E-state index in [0.29, 0.717) is 35.1 Å². The monoisotopic (exact) mass is 522 g/mol. The number of piperazine rings is 1. The molecule has 2 aliphatic heterocycles. The minimum absolute atomic E-state index is 0.0384. The third kappa shape index (κ3) is 4.82. The first-order valence-corrected chi connectivity index (χ1v) is 12.5. The summed E-state index contributed by atoms with van der Waals surface area (Å²) in [5, 5.41) is 6.78. The van der Waals surface area contributed by atoms with Gasteiger partial charge in [0.05, 0.1) is 34.4 Å². The topological polar surface area (TPSA) is 81.8 Å². The van der Waals surface area contributed by atoms with E-state index in [0.717, 1.165) is 18.7 Å². The van der Waals surface area contributed by atoms with E-state index in [1.165, 1.54) is 6.07 Å². The third-order valence-corrected chi connectivity index (χ3v) is 6.98. The second-order valence-corrected chi connectivity index (χ2v) is 9.60. The number of rotatable bonds is 3. The molecule has 0 spiro atoms. The van der Waals surface area contributed by atoms with Gasteiger partial charge in [0.15, 0.2) is 0 Å². The second-order valence-electron chi connectivity index (χ2n) is 8.75. The van der Waals surface area contributed by atoms with Crippen molar-refractivity contribution in [1.29, 1.82) is 0 Å². The lowest BCUT2D eigenvalue weighted by atomic mass is 9.99. The van der Waals surface area contributed by atoms with Gasteiger partial charge in [0.1, 0.15) is 0 Å². The fourth-order valence-electron chi connectivity index (χ4n) is 4.65. The predicted octanol–water partition coefficient (Wildman–Crippen LogP) is 4.77. The van der Waals surface area contributed by atoms with Crippen LogP contribution < -0.4 is 15.5 Å². The van der Waals surface area contributed by atoms with Crippen molar-refractivity contribution in [3.8, 4) is 0 Å². The fraction of sp³-hybridized carbons (Fsp3) is 0.222. The van der Waals surface area contributed by atoms with Crippen LogP contribution in [0.15, 0.2) is 66.7 Å². The van der Waals surface area contributed by atoms with E-state index in [4.69, 9.17) is 23.2 Å². The van der Waals surface area contributed by atoms with Crippen molar-refractivity contribution >= 4 is 52.3 Å². The average molecular weight is 523 g/mol. The number of hydrogen-bond donors (Lipinski definition) is 2. The number of nitrogens with one attached hydrogen (secondary N) is 2. The van der Waals surface area contributed by atoms with Crippen molar-refractivity contribution in [2.45, 2.75) is 12.5 Å². The highest BCUT2D eigenvalue weighted by molar-refractivity contribution is 6.37. The van der Waals surface area contributed by atoms with E-state index >= 15 is 0 Å². The van der Waals surface area contributed by atoms with Crippen LogP contribution in [0.2, 0.25) is 10.0 Å². The largest absolute Gasteiger partial charge is 0.336 e. The van der Waals surface area contributed by atoms with Gasteiger partial charge in [0.25, 0.3) is 11.8 Å². The van der Waals surface area contributed by atoms with Crippen molar-refractivity contribution < 1.29 is 14.4 Å². The van der Waals surface area contributed by atoms with Gasteiger partial charge in [0, 0.05) is 36.8 Å². The minimum Gasteiger partial charge on any atom is -0.336 e. The standard InChI is InChI=1S/C27H24Cl2N4O3/c28-19-7-8-20(21(29)15-19)27(36)33-23-9-6-18(26(35)32-12-10-30-11-13-32)14-22(23)31-25(34)16-24(33)17-4-2-1-3-5-17/h1-9,14-15,24,30H,10-13,16H2,(H,31,34). The zero-order valence-electron chi connectivity index (χ0n) is 19.3. The minimum atomic E-state index is -0.582. The number of halogens is 2. The Morgan fingerprint density at radius 2 is 1.64 bits per heavy atom. The Hall–Kier alpha value is -3.39. The molecule has 3 amide bonds. The summed E-state index contributed by atoms with van der Waals surface area (Å²) in [6.45, 7) is 2.68.